The number of fused-ring (bicyclic) bond motifs is 1. The number of benzene rings is 2. The number of aromatic amines is 1. The summed E-state index contributed by atoms with van der Waals surface area (Å²) >= 11 is 0. The average molecular weight is 291 g/mol. The Hall–Kier alpha value is -2.62. The maximum Gasteiger partial charge on any atom is 0.258 e. The van der Waals surface area contributed by atoms with Gasteiger partial charge in [-0.05, 0) is 60.1 Å². The lowest BCUT2D eigenvalue weighted by Gasteiger charge is -2.19. The standard InChI is InChI=1S/C18H17N3O/c1-2-6-16-13(4-1)5-3-7-17(16)14-8-10-15(11-9-14)22-18-12-19-21-20-18/h3,5,7-12H,1-2,4,6H2,(H,19,20,21). The van der Waals surface area contributed by atoms with Crippen molar-refractivity contribution >= 4 is 0 Å². The molecular formula is C18H17N3O. The van der Waals surface area contributed by atoms with Crippen molar-refractivity contribution in [3.8, 4) is 22.8 Å². The summed E-state index contributed by atoms with van der Waals surface area (Å²) in [5.41, 5.74) is 5.61. The first kappa shape index (κ1) is 13.1. The summed E-state index contributed by atoms with van der Waals surface area (Å²) < 4.78 is 5.62. The normalized spacial score (nSPS) is 13.6. The van der Waals surface area contributed by atoms with Crippen molar-refractivity contribution in [2.45, 2.75) is 25.7 Å². The van der Waals surface area contributed by atoms with Crippen molar-refractivity contribution in [3.05, 3.63) is 59.8 Å². The highest BCUT2D eigenvalue weighted by molar-refractivity contribution is 5.69. The summed E-state index contributed by atoms with van der Waals surface area (Å²) in [6.07, 6.45) is 6.54. The van der Waals surface area contributed by atoms with Crippen LogP contribution in [0.15, 0.2) is 48.7 Å². The van der Waals surface area contributed by atoms with Gasteiger partial charge in [0, 0.05) is 0 Å². The van der Waals surface area contributed by atoms with Crippen LogP contribution < -0.4 is 4.74 Å². The second-order valence-electron chi connectivity index (χ2n) is 5.59. The largest absolute Gasteiger partial charge is 0.436 e. The highest BCUT2D eigenvalue weighted by atomic mass is 16.5. The molecule has 4 rings (SSSR count). The van der Waals surface area contributed by atoms with Gasteiger partial charge in [-0.25, -0.2) is 0 Å². The van der Waals surface area contributed by atoms with Gasteiger partial charge >= 0.3 is 0 Å². The average Bonchev–Trinajstić information content (AvgIpc) is 3.08. The molecule has 1 aliphatic carbocycles. The summed E-state index contributed by atoms with van der Waals surface area (Å²) in [6, 6.07) is 14.8. The quantitative estimate of drug-likeness (QED) is 0.789. The Bertz CT molecular complexity index is 764. The topological polar surface area (TPSA) is 50.8 Å². The molecule has 1 heterocycles. The number of aryl methyl sites for hydroxylation is 1. The van der Waals surface area contributed by atoms with Crippen LogP contribution in [0.5, 0.6) is 11.6 Å². The van der Waals surface area contributed by atoms with Crippen LogP contribution in [0.2, 0.25) is 0 Å². The van der Waals surface area contributed by atoms with Crippen LogP contribution in [0.4, 0.5) is 0 Å². The molecule has 3 aromatic rings. The van der Waals surface area contributed by atoms with Gasteiger partial charge in [0.25, 0.3) is 5.88 Å². The van der Waals surface area contributed by atoms with E-state index in [1.165, 1.54) is 47.9 Å². The first-order valence-electron chi connectivity index (χ1n) is 7.65. The molecule has 2 aromatic carbocycles. The number of hydrogen-bond donors (Lipinski definition) is 1. The second-order valence-corrected chi connectivity index (χ2v) is 5.59. The molecule has 0 atom stereocenters. The van der Waals surface area contributed by atoms with Gasteiger partial charge in [0.15, 0.2) is 0 Å². The van der Waals surface area contributed by atoms with E-state index in [0.29, 0.717) is 5.88 Å². The molecule has 4 heteroatoms. The lowest BCUT2D eigenvalue weighted by Crippen LogP contribution is -2.04. The minimum atomic E-state index is 0.477. The molecule has 0 saturated carbocycles. The van der Waals surface area contributed by atoms with Crippen molar-refractivity contribution in [3.63, 3.8) is 0 Å². The van der Waals surface area contributed by atoms with Crippen LogP contribution in [-0.4, -0.2) is 15.4 Å². The first-order chi connectivity index (χ1) is 10.9. The molecule has 110 valence electrons. The molecule has 0 unspecified atom stereocenters. The molecule has 0 fully saturated rings. The maximum atomic E-state index is 5.62. The summed E-state index contributed by atoms with van der Waals surface area (Å²) in [4.78, 5) is 0. The maximum absolute atomic E-state index is 5.62. The predicted molar refractivity (Wildman–Crippen MR) is 85.0 cm³/mol. The third-order valence-electron chi connectivity index (χ3n) is 4.18. The van der Waals surface area contributed by atoms with Gasteiger partial charge in [0.2, 0.25) is 0 Å². The van der Waals surface area contributed by atoms with Crippen LogP contribution in [-0.2, 0) is 12.8 Å². The van der Waals surface area contributed by atoms with E-state index in [2.05, 4.69) is 45.7 Å². The van der Waals surface area contributed by atoms with Gasteiger partial charge in [0.1, 0.15) is 11.9 Å². The minimum absolute atomic E-state index is 0.477. The molecule has 1 aromatic heterocycles. The van der Waals surface area contributed by atoms with E-state index in [9.17, 15) is 0 Å². The lowest BCUT2D eigenvalue weighted by molar-refractivity contribution is 0.461. The number of H-pyrrole nitrogens is 1. The highest BCUT2D eigenvalue weighted by Crippen LogP contribution is 2.32. The van der Waals surface area contributed by atoms with Gasteiger partial charge in [0.05, 0.1) is 0 Å². The van der Waals surface area contributed by atoms with Crippen LogP contribution in [0.3, 0.4) is 0 Å². The van der Waals surface area contributed by atoms with Gasteiger partial charge in [-0.15, -0.1) is 5.10 Å². The van der Waals surface area contributed by atoms with E-state index in [4.69, 9.17) is 4.74 Å². The Labute approximate surface area is 129 Å². The lowest BCUT2D eigenvalue weighted by atomic mass is 9.86. The minimum Gasteiger partial charge on any atom is -0.436 e. The van der Waals surface area contributed by atoms with E-state index >= 15 is 0 Å². The van der Waals surface area contributed by atoms with E-state index in [-0.39, 0.29) is 0 Å². The zero-order valence-electron chi connectivity index (χ0n) is 12.2. The molecular weight excluding hydrogens is 274 g/mol. The van der Waals surface area contributed by atoms with Crippen LogP contribution in [0, 0.1) is 0 Å². The monoisotopic (exact) mass is 291 g/mol. The summed E-state index contributed by atoms with van der Waals surface area (Å²) in [6.45, 7) is 0. The molecule has 22 heavy (non-hydrogen) atoms. The number of nitrogens with one attached hydrogen (secondary N) is 1. The summed E-state index contributed by atoms with van der Waals surface area (Å²) in [5.74, 6) is 1.24. The van der Waals surface area contributed by atoms with E-state index in [0.717, 1.165) is 5.75 Å². The predicted octanol–water partition coefficient (Wildman–Crippen LogP) is 4.14. The third kappa shape index (κ3) is 2.48. The highest BCUT2D eigenvalue weighted by Gasteiger charge is 2.13. The van der Waals surface area contributed by atoms with Crippen molar-refractivity contribution in [1.82, 2.24) is 15.4 Å². The third-order valence-corrected chi connectivity index (χ3v) is 4.18. The van der Waals surface area contributed by atoms with Crippen molar-refractivity contribution < 1.29 is 4.74 Å². The molecule has 0 bridgehead atoms. The molecule has 1 N–H and O–H groups in total. The van der Waals surface area contributed by atoms with Crippen LogP contribution in [0.25, 0.3) is 11.1 Å². The van der Waals surface area contributed by atoms with Gasteiger partial charge < -0.3 is 4.74 Å². The molecule has 0 aliphatic heterocycles. The fourth-order valence-corrected chi connectivity index (χ4v) is 3.12. The van der Waals surface area contributed by atoms with E-state index < -0.39 is 0 Å². The van der Waals surface area contributed by atoms with E-state index in [1.807, 2.05) is 12.1 Å². The number of hydrogen-bond acceptors (Lipinski definition) is 3. The Morgan fingerprint density at radius 3 is 2.64 bits per heavy atom. The van der Waals surface area contributed by atoms with Gasteiger partial charge in [-0.3, -0.25) is 0 Å². The smallest absolute Gasteiger partial charge is 0.258 e. The Kier molecular flexibility index (Phi) is 3.35. The summed E-state index contributed by atoms with van der Waals surface area (Å²) in [7, 11) is 0. The molecule has 4 nitrogen and oxygen atoms in total. The second kappa shape index (κ2) is 5.64. The van der Waals surface area contributed by atoms with Crippen molar-refractivity contribution in [2.24, 2.45) is 0 Å². The van der Waals surface area contributed by atoms with Gasteiger partial charge in [-0.1, -0.05) is 30.3 Å². The van der Waals surface area contributed by atoms with E-state index in [1.54, 1.807) is 6.20 Å². The first-order valence-corrected chi connectivity index (χ1v) is 7.65. The molecule has 0 spiro atoms. The zero-order valence-corrected chi connectivity index (χ0v) is 12.2. The van der Waals surface area contributed by atoms with Crippen molar-refractivity contribution in [1.29, 1.82) is 0 Å². The van der Waals surface area contributed by atoms with Gasteiger partial charge in [-0.2, -0.15) is 10.3 Å². The number of aromatic nitrogens is 3. The fourth-order valence-electron chi connectivity index (χ4n) is 3.12. The van der Waals surface area contributed by atoms with Crippen LogP contribution in [0.1, 0.15) is 24.0 Å². The molecule has 1 aliphatic rings. The Morgan fingerprint density at radius 2 is 1.82 bits per heavy atom. The fraction of sp³-hybridized carbons (Fsp3) is 0.222. The number of rotatable bonds is 3. The number of nitrogens with zero attached hydrogens (tertiary/aromatic N) is 2. The Morgan fingerprint density at radius 1 is 0.955 bits per heavy atom. The Balaban J connectivity index is 1.63. The molecule has 0 saturated heterocycles. The zero-order chi connectivity index (χ0) is 14.8. The molecule has 0 amide bonds. The molecule has 0 radical (unpaired) electrons. The summed E-state index contributed by atoms with van der Waals surface area (Å²) in [5, 5.41) is 10.2. The van der Waals surface area contributed by atoms with Crippen LogP contribution >= 0.6 is 0 Å². The SMILES string of the molecule is c1cc2c(c(-c3ccc(Oc4cn[nH]n4)cc3)c1)CCCC2. The van der Waals surface area contributed by atoms with Crippen molar-refractivity contribution in [2.75, 3.05) is 0 Å². The number of ether oxygens (including phenoxy) is 1.